The first kappa shape index (κ1) is 29.8. The first-order chi connectivity index (χ1) is 18.6. The lowest BCUT2D eigenvalue weighted by molar-refractivity contribution is -0.143. The molecule has 1 aromatic heterocycles. The maximum absolute atomic E-state index is 13.7. The van der Waals surface area contributed by atoms with Crippen molar-refractivity contribution in [3.05, 3.63) is 86.8 Å². The van der Waals surface area contributed by atoms with Gasteiger partial charge in [-0.25, -0.2) is 13.9 Å². The Morgan fingerprint density at radius 3 is 2.08 bits per heavy atom. The smallest absolute Gasteiger partial charge is 0.370 e. The Balaban J connectivity index is 1.64. The minimum atomic E-state index is -4.97. The molecule has 3 unspecified atom stereocenters. The van der Waals surface area contributed by atoms with Gasteiger partial charge in [-0.2, -0.15) is 31.4 Å². The van der Waals surface area contributed by atoms with Crippen LogP contribution in [-0.2, 0) is 37.7 Å². The predicted octanol–water partition coefficient (Wildman–Crippen LogP) is 5.82. The van der Waals surface area contributed by atoms with E-state index in [0.29, 0.717) is 42.9 Å². The Labute approximate surface area is 226 Å². The lowest BCUT2D eigenvalue weighted by Gasteiger charge is -2.33. The highest BCUT2D eigenvalue weighted by Crippen LogP contribution is 2.43. The standard InChI is InChI=1S/C27H29F7N4O2/c1-15(17-11-18(26(29,30)31)13-19(12-17)27(32,33)34)40-22-10-9-21(24(22)16-5-7-20(28)8-6-16)36(2)14-23-35-38(4)25(39)37(23)3/h5-8,11-13,15,21-22,24H,9-10,14H2,1-4H3/t15-,21?,22?,24?/m0/s1. The van der Waals surface area contributed by atoms with Gasteiger partial charge in [-0.1, -0.05) is 12.1 Å². The van der Waals surface area contributed by atoms with E-state index in [4.69, 9.17) is 4.74 Å². The Morgan fingerprint density at radius 2 is 1.57 bits per heavy atom. The highest BCUT2D eigenvalue weighted by Gasteiger charge is 2.42. The molecule has 6 nitrogen and oxygen atoms in total. The predicted molar refractivity (Wildman–Crippen MR) is 132 cm³/mol. The molecule has 3 aromatic rings. The van der Waals surface area contributed by atoms with E-state index in [1.165, 1.54) is 35.4 Å². The summed E-state index contributed by atoms with van der Waals surface area (Å²) in [6, 6.07) is 6.99. The second-order valence-electron chi connectivity index (χ2n) is 10.2. The second kappa shape index (κ2) is 11.0. The number of alkyl halides is 6. The van der Waals surface area contributed by atoms with E-state index in [2.05, 4.69) is 5.10 Å². The maximum atomic E-state index is 13.7. The number of halogens is 7. The summed E-state index contributed by atoms with van der Waals surface area (Å²) in [4.78, 5) is 14.1. The molecule has 0 bridgehead atoms. The van der Waals surface area contributed by atoms with Gasteiger partial charge in [0.15, 0.2) is 0 Å². The molecule has 1 aliphatic rings. The van der Waals surface area contributed by atoms with Crippen LogP contribution in [0.3, 0.4) is 0 Å². The number of hydrogen-bond acceptors (Lipinski definition) is 4. The molecule has 0 N–H and O–H groups in total. The fraction of sp³-hybridized carbons (Fsp3) is 0.481. The molecule has 1 aliphatic carbocycles. The average molecular weight is 575 g/mol. The van der Waals surface area contributed by atoms with Crippen molar-refractivity contribution in [2.75, 3.05) is 7.05 Å². The molecule has 218 valence electrons. The van der Waals surface area contributed by atoms with E-state index in [9.17, 15) is 35.5 Å². The van der Waals surface area contributed by atoms with E-state index in [1.807, 2.05) is 11.9 Å². The minimum absolute atomic E-state index is 0.0863. The Kier molecular flexibility index (Phi) is 8.19. The highest BCUT2D eigenvalue weighted by atomic mass is 19.4. The van der Waals surface area contributed by atoms with Crippen LogP contribution in [0, 0.1) is 5.82 Å². The van der Waals surface area contributed by atoms with Crippen molar-refractivity contribution in [2.45, 2.75) is 62.8 Å². The summed E-state index contributed by atoms with van der Waals surface area (Å²) in [5.41, 5.74) is -2.65. The van der Waals surface area contributed by atoms with Crippen LogP contribution in [0.5, 0.6) is 0 Å². The average Bonchev–Trinajstić information content (AvgIpc) is 3.39. The number of nitrogens with zero attached hydrogens (tertiary/aromatic N) is 4. The summed E-state index contributed by atoms with van der Waals surface area (Å²) in [7, 11) is 4.96. The molecule has 0 aliphatic heterocycles. The van der Waals surface area contributed by atoms with E-state index in [0.717, 1.165) is 0 Å². The molecule has 1 heterocycles. The zero-order valence-electron chi connectivity index (χ0n) is 22.2. The van der Waals surface area contributed by atoms with Crippen molar-refractivity contribution in [1.82, 2.24) is 19.2 Å². The van der Waals surface area contributed by atoms with Gasteiger partial charge < -0.3 is 4.74 Å². The molecule has 13 heteroatoms. The zero-order valence-corrected chi connectivity index (χ0v) is 22.2. The van der Waals surface area contributed by atoms with Gasteiger partial charge in [-0.15, -0.1) is 0 Å². The Hall–Kier alpha value is -3.19. The number of benzene rings is 2. The molecule has 2 aromatic carbocycles. The van der Waals surface area contributed by atoms with Crippen LogP contribution in [0.4, 0.5) is 30.7 Å². The molecular formula is C27H29F7N4O2. The van der Waals surface area contributed by atoms with Crippen molar-refractivity contribution in [1.29, 1.82) is 0 Å². The monoisotopic (exact) mass is 574 g/mol. The first-order valence-corrected chi connectivity index (χ1v) is 12.6. The summed E-state index contributed by atoms with van der Waals surface area (Å²) in [6.07, 6.45) is -10.6. The van der Waals surface area contributed by atoms with Gasteiger partial charge in [-0.3, -0.25) is 9.47 Å². The summed E-state index contributed by atoms with van der Waals surface area (Å²) in [5.74, 6) is -0.333. The van der Waals surface area contributed by atoms with Crippen LogP contribution in [0.15, 0.2) is 47.3 Å². The molecule has 0 saturated heterocycles. The fourth-order valence-electron chi connectivity index (χ4n) is 5.35. The molecule has 0 spiro atoms. The summed E-state index contributed by atoms with van der Waals surface area (Å²) >= 11 is 0. The van der Waals surface area contributed by atoms with Crippen LogP contribution in [-0.4, -0.2) is 38.4 Å². The number of aromatic nitrogens is 3. The van der Waals surface area contributed by atoms with E-state index in [-0.39, 0.29) is 29.3 Å². The third kappa shape index (κ3) is 6.25. The molecule has 0 amide bonds. The molecule has 4 rings (SSSR count). The van der Waals surface area contributed by atoms with Gasteiger partial charge in [-0.05, 0) is 68.3 Å². The molecule has 40 heavy (non-hydrogen) atoms. The quantitative estimate of drug-likeness (QED) is 0.334. The zero-order chi connectivity index (χ0) is 29.6. The summed E-state index contributed by atoms with van der Waals surface area (Å²) in [6.45, 7) is 1.71. The van der Waals surface area contributed by atoms with Gasteiger partial charge in [0, 0.05) is 26.1 Å². The molecule has 1 saturated carbocycles. The lowest BCUT2D eigenvalue weighted by atomic mass is 9.91. The normalized spacial score (nSPS) is 20.9. The Bertz CT molecular complexity index is 1360. The molecular weight excluding hydrogens is 545 g/mol. The number of ether oxygens (including phenoxy) is 1. The molecule has 4 atom stereocenters. The third-order valence-corrected chi connectivity index (χ3v) is 7.45. The van der Waals surface area contributed by atoms with Gasteiger partial charge in [0.2, 0.25) is 0 Å². The van der Waals surface area contributed by atoms with Gasteiger partial charge in [0.1, 0.15) is 11.6 Å². The third-order valence-electron chi connectivity index (χ3n) is 7.45. The lowest BCUT2D eigenvalue weighted by Crippen LogP contribution is -2.37. The topological polar surface area (TPSA) is 52.3 Å². The molecule has 0 radical (unpaired) electrons. The van der Waals surface area contributed by atoms with Gasteiger partial charge in [0.25, 0.3) is 0 Å². The maximum Gasteiger partial charge on any atom is 0.416 e. The van der Waals surface area contributed by atoms with E-state index in [1.54, 1.807) is 19.2 Å². The SMILES string of the molecule is C[C@H](OC1CCC(N(C)Cc2nn(C)c(=O)n2C)C1c1ccc(F)cc1)c1cc(C(F)(F)F)cc(C(F)(F)F)c1. The van der Waals surface area contributed by atoms with Crippen LogP contribution >= 0.6 is 0 Å². The molecule has 1 fully saturated rings. The fourth-order valence-corrected chi connectivity index (χ4v) is 5.35. The van der Waals surface area contributed by atoms with Crippen LogP contribution in [0.1, 0.15) is 59.9 Å². The van der Waals surface area contributed by atoms with Gasteiger partial charge >= 0.3 is 18.0 Å². The highest BCUT2D eigenvalue weighted by molar-refractivity contribution is 5.35. The van der Waals surface area contributed by atoms with Crippen LogP contribution in [0.2, 0.25) is 0 Å². The van der Waals surface area contributed by atoms with Crippen molar-refractivity contribution in [3.63, 3.8) is 0 Å². The number of aryl methyl sites for hydroxylation is 1. The van der Waals surface area contributed by atoms with Crippen molar-refractivity contribution < 1.29 is 35.5 Å². The first-order valence-electron chi connectivity index (χ1n) is 12.6. The van der Waals surface area contributed by atoms with Crippen molar-refractivity contribution in [2.24, 2.45) is 14.1 Å². The van der Waals surface area contributed by atoms with Crippen molar-refractivity contribution in [3.8, 4) is 0 Å². The number of rotatable bonds is 7. The van der Waals surface area contributed by atoms with Crippen LogP contribution in [0.25, 0.3) is 0 Å². The number of hydrogen-bond donors (Lipinski definition) is 0. The summed E-state index contributed by atoms with van der Waals surface area (Å²) in [5, 5.41) is 4.25. The van der Waals surface area contributed by atoms with Gasteiger partial charge in [0.05, 0.1) is 29.9 Å². The largest absolute Gasteiger partial charge is 0.416 e. The van der Waals surface area contributed by atoms with E-state index < -0.39 is 41.5 Å². The number of likely N-dealkylation sites (N-methyl/N-ethyl adjacent to an activating group) is 1. The summed E-state index contributed by atoms with van der Waals surface area (Å²) < 4.78 is 103. The van der Waals surface area contributed by atoms with Crippen LogP contribution < -0.4 is 5.69 Å². The van der Waals surface area contributed by atoms with Crippen molar-refractivity contribution >= 4 is 0 Å². The second-order valence-corrected chi connectivity index (χ2v) is 10.2. The minimum Gasteiger partial charge on any atom is -0.370 e. The van der Waals surface area contributed by atoms with E-state index >= 15 is 0 Å². The Morgan fingerprint density at radius 1 is 1.00 bits per heavy atom.